The Balaban J connectivity index is 1.84. The predicted molar refractivity (Wildman–Crippen MR) is 85.1 cm³/mol. The van der Waals surface area contributed by atoms with E-state index in [0.29, 0.717) is 13.0 Å². The molecule has 1 amide bonds. The Morgan fingerprint density at radius 3 is 3.04 bits per heavy atom. The van der Waals surface area contributed by atoms with Crippen LogP contribution in [-0.4, -0.2) is 38.1 Å². The number of benzene rings is 1. The van der Waals surface area contributed by atoms with E-state index in [2.05, 4.69) is 0 Å². The average Bonchev–Trinajstić information content (AvgIpc) is 3.19. The van der Waals surface area contributed by atoms with Crippen molar-refractivity contribution in [1.29, 1.82) is 0 Å². The van der Waals surface area contributed by atoms with Crippen molar-refractivity contribution in [2.75, 3.05) is 25.1 Å². The molecule has 128 valence electrons. The zero-order chi connectivity index (χ0) is 17.1. The van der Waals surface area contributed by atoms with E-state index >= 15 is 0 Å². The van der Waals surface area contributed by atoms with Crippen LogP contribution in [-0.2, 0) is 19.9 Å². The van der Waals surface area contributed by atoms with E-state index in [9.17, 15) is 14.0 Å². The molecule has 5 nitrogen and oxygen atoms in total. The number of nitrogens with one attached hydrogen (secondary N) is 1. The predicted octanol–water partition coefficient (Wildman–Crippen LogP) is 0.628. The fourth-order valence-electron chi connectivity index (χ4n) is 5.11. The third-order valence-electron chi connectivity index (χ3n) is 6.01. The molecule has 2 saturated heterocycles. The number of nitrogens with zero attached hydrogens (tertiary/aromatic N) is 1. The first kappa shape index (κ1) is 15.6. The first-order chi connectivity index (χ1) is 11.5. The number of anilines is 1. The van der Waals surface area contributed by atoms with Gasteiger partial charge in [-0.15, -0.1) is 0 Å². The quantitative estimate of drug-likeness (QED) is 0.808. The maximum Gasteiger partial charge on any atom is 0.315 e. The first-order valence-corrected chi connectivity index (χ1v) is 8.61. The fraction of sp³-hybridized carbons (Fsp3) is 0.556. The van der Waals surface area contributed by atoms with Gasteiger partial charge in [-0.05, 0) is 25.1 Å². The second-order valence-corrected chi connectivity index (χ2v) is 7.02. The molecular weight excluding hydrogens is 311 g/mol. The minimum absolute atomic E-state index is 0.0307. The molecule has 3 aliphatic rings. The summed E-state index contributed by atoms with van der Waals surface area (Å²) in [6.07, 6.45) is 2.28. The Hall–Kier alpha value is -1.95. The number of likely N-dealkylation sites (N-methyl/N-ethyl adjacent to an activating group) is 1. The van der Waals surface area contributed by atoms with Crippen LogP contribution in [0.25, 0.3) is 0 Å². The van der Waals surface area contributed by atoms with Crippen LogP contribution >= 0.6 is 0 Å². The van der Waals surface area contributed by atoms with Gasteiger partial charge in [0, 0.05) is 31.9 Å². The number of rotatable bonds is 2. The van der Waals surface area contributed by atoms with Crippen molar-refractivity contribution in [2.24, 2.45) is 5.92 Å². The van der Waals surface area contributed by atoms with Crippen molar-refractivity contribution >= 4 is 17.6 Å². The van der Waals surface area contributed by atoms with Crippen LogP contribution in [0.1, 0.15) is 31.7 Å². The van der Waals surface area contributed by atoms with Gasteiger partial charge in [-0.2, -0.15) is 0 Å². The maximum absolute atomic E-state index is 13.9. The molecule has 0 radical (unpaired) electrons. The second kappa shape index (κ2) is 5.28. The van der Waals surface area contributed by atoms with Gasteiger partial charge in [0.25, 0.3) is 5.91 Å². The van der Waals surface area contributed by atoms with Crippen LogP contribution in [0.15, 0.2) is 18.2 Å². The average molecular weight is 333 g/mol. The Morgan fingerprint density at radius 2 is 2.29 bits per heavy atom. The smallest absolute Gasteiger partial charge is 0.315 e. The molecule has 3 heterocycles. The van der Waals surface area contributed by atoms with Crippen LogP contribution in [0.4, 0.5) is 10.1 Å². The number of quaternary nitrogens is 1. The molecule has 4 atom stereocenters. The molecule has 24 heavy (non-hydrogen) atoms. The molecule has 1 spiro atoms. The van der Waals surface area contributed by atoms with E-state index in [1.54, 1.807) is 24.9 Å². The number of amides is 1. The van der Waals surface area contributed by atoms with Crippen LogP contribution in [0.5, 0.6) is 0 Å². The lowest BCUT2D eigenvalue weighted by Crippen LogP contribution is -3.19. The molecule has 0 bridgehead atoms. The summed E-state index contributed by atoms with van der Waals surface area (Å²) in [5.74, 6) is -0.893. The monoisotopic (exact) mass is 333 g/mol. The highest BCUT2D eigenvalue weighted by molar-refractivity contribution is 6.06. The number of hydrogen-bond donors (Lipinski definition) is 1. The standard InChI is InChI=1S/C18H21FN2O3/c1-3-24-16(22)12-10-18(21-8-4-5-14(12)21)13-9-11(19)6-7-15(13)20(2)17(18)23/h6-7,9,12,14H,3-5,8,10H2,1-2H3/p+1/t12-,14-,18-/m0/s1. The molecule has 3 aliphatic heterocycles. The van der Waals surface area contributed by atoms with E-state index in [1.165, 1.54) is 12.1 Å². The highest BCUT2D eigenvalue weighted by Gasteiger charge is 2.68. The van der Waals surface area contributed by atoms with Crippen molar-refractivity contribution in [3.63, 3.8) is 0 Å². The van der Waals surface area contributed by atoms with Gasteiger partial charge in [0.15, 0.2) is 0 Å². The maximum atomic E-state index is 13.9. The summed E-state index contributed by atoms with van der Waals surface area (Å²) < 4.78 is 19.2. The summed E-state index contributed by atoms with van der Waals surface area (Å²) in [4.78, 5) is 28.4. The van der Waals surface area contributed by atoms with Crippen molar-refractivity contribution in [3.05, 3.63) is 29.6 Å². The Morgan fingerprint density at radius 1 is 1.50 bits per heavy atom. The van der Waals surface area contributed by atoms with Gasteiger partial charge in [0.1, 0.15) is 17.8 Å². The fourth-order valence-corrected chi connectivity index (χ4v) is 5.11. The summed E-state index contributed by atoms with van der Waals surface area (Å²) in [5.41, 5.74) is 0.637. The largest absolute Gasteiger partial charge is 0.466 e. The number of carbonyl (C=O) groups excluding carboxylic acids is 2. The van der Waals surface area contributed by atoms with Gasteiger partial charge >= 0.3 is 5.97 Å². The van der Waals surface area contributed by atoms with E-state index < -0.39 is 5.54 Å². The van der Waals surface area contributed by atoms with E-state index in [4.69, 9.17) is 4.74 Å². The van der Waals surface area contributed by atoms with Crippen molar-refractivity contribution < 1.29 is 23.6 Å². The summed E-state index contributed by atoms with van der Waals surface area (Å²) in [5, 5.41) is 0. The summed E-state index contributed by atoms with van der Waals surface area (Å²) >= 11 is 0. The topological polar surface area (TPSA) is 51.1 Å². The third kappa shape index (κ3) is 1.83. The molecule has 0 aliphatic carbocycles. The molecule has 1 N–H and O–H groups in total. The van der Waals surface area contributed by atoms with Gasteiger partial charge in [0.05, 0.1) is 18.8 Å². The third-order valence-corrected chi connectivity index (χ3v) is 6.01. The van der Waals surface area contributed by atoms with Crippen LogP contribution in [0, 0.1) is 11.7 Å². The molecule has 1 aromatic rings. The highest BCUT2D eigenvalue weighted by Crippen LogP contribution is 2.46. The van der Waals surface area contributed by atoms with Crippen LogP contribution < -0.4 is 9.80 Å². The van der Waals surface area contributed by atoms with E-state index in [-0.39, 0.29) is 29.7 Å². The molecular formula is C18H22FN2O3+. The number of ether oxygens (including phenoxy) is 1. The first-order valence-electron chi connectivity index (χ1n) is 8.61. The zero-order valence-electron chi connectivity index (χ0n) is 14.0. The zero-order valence-corrected chi connectivity index (χ0v) is 14.0. The van der Waals surface area contributed by atoms with Gasteiger partial charge < -0.3 is 14.5 Å². The lowest BCUT2D eigenvalue weighted by Gasteiger charge is -2.30. The van der Waals surface area contributed by atoms with Crippen LogP contribution in [0.2, 0.25) is 0 Å². The second-order valence-electron chi connectivity index (χ2n) is 7.02. The summed E-state index contributed by atoms with van der Waals surface area (Å²) in [6.45, 7) is 2.96. The minimum atomic E-state index is -0.842. The van der Waals surface area contributed by atoms with Gasteiger partial charge in [-0.25, -0.2) is 4.39 Å². The number of hydrogen-bond acceptors (Lipinski definition) is 3. The Kier molecular flexibility index (Phi) is 3.42. The van der Waals surface area contributed by atoms with Gasteiger partial charge in [-0.1, -0.05) is 0 Å². The number of fused-ring (bicyclic) bond motifs is 4. The number of halogens is 1. The Labute approximate surface area is 140 Å². The molecule has 2 fully saturated rings. The van der Waals surface area contributed by atoms with E-state index in [0.717, 1.165) is 35.5 Å². The van der Waals surface area contributed by atoms with Gasteiger partial charge in [0.2, 0.25) is 5.54 Å². The summed E-state index contributed by atoms with van der Waals surface area (Å²) in [7, 11) is 1.73. The number of carbonyl (C=O) groups is 2. The SMILES string of the molecule is CCOC(=O)[C@H]1C[C@]2(C(=O)N(C)c3ccc(F)cc32)[NH+]2CCC[C@@H]12. The molecule has 1 aromatic carbocycles. The van der Waals surface area contributed by atoms with E-state index in [1.807, 2.05) is 0 Å². The molecule has 0 saturated carbocycles. The van der Waals surface area contributed by atoms with Crippen molar-refractivity contribution in [2.45, 2.75) is 37.8 Å². The van der Waals surface area contributed by atoms with Gasteiger partial charge in [-0.3, -0.25) is 9.59 Å². The molecule has 4 rings (SSSR count). The van der Waals surface area contributed by atoms with Crippen molar-refractivity contribution in [3.8, 4) is 0 Å². The van der Waals surface area contributed by atoms with Crippen LogP contribution in [0.3, 0.4) is 0 Å². The summed E-state index contributed by atoms with van der Waals surface area (Å²) in [6, 6.07) is 4.61. The minimum Gasteiger partial charge on any atom is -0.466 e. The molecule has 0 aromatic heterocycles. The molecule has 6 heteroatoms. The van der Waals surface area contributed by atoms with Crippen molar-refractivity contribution in [1.82, 2.24) is 0 Å². The highest BCUT2D eigenvalue weighted by atomic mass is 19.1. The molecule has 1 unspecified atom stereocenters. The normalized spacial score (nSPS) is 33.9. The number of esters is 1. The lowest BCUT2D eigenvalue weighted by molar-refractivity contribution is -0.947. The Bertz CT molecular complexity index is 722. The lowest BCUT2D eigenvalue weighted by atomic mass is 9.84.